The third-order valence-corrected chi connectivity index (χ3v) is 5.76. The molecular weight excluding hydrogens is 294 g/mol. The fraction of sp³-hybridized carbons (Fsp3) is 0.500. The van der Waals surface area contributed by atoms with Crippen LogP contribution in [0, 0.1) is 18.8 Å². The van der Waals surface area contributed by atoms with E-state index in [1.54, 1.807) is 25.1 Å². The Kier molecular flexibility index (Phi) is 4.25. The number of carbonyl (C=O) groups is 1. The summed E-state index contributed by atoms with van der Waals surface area (Å²) in [6, 6.07) is 4.98. The van der Waals surface area contributed by atoms with Gasteiger partial charge in [0.15, 0.2) is 0 Å². The van der Waals surface area contributed by atoms with Gasteiger partial charge < -0.3 is 9.84 Å². The molecule has 116 valence electrons. The molecule has 2 rings (SSSR count). The summed E-state index contributed by atoms with van der Waals surface area (Å²) in [5, 5.41) is 8.95. The van der Waals surface area contributed by atoms with Crippen molar-refractivity contribution in [2.24, 2.45) is 11.8 Å². The number of aryl methyl sites for hydroxylation is 1. The molecule has 1 aliphatic rings. The van der Waals surface area contributed by atoms with E-state index < -0.39 is 21.9 Å². The van der Waals surface area contributed by atoms with E-state index in [1.165, 1.54) is 11.4 Å². The molecule has 21 heavy (non-hydrogen) atoms. The van der Waals surface area contributed by atoms with Gasteiger partial charge in [-0.15, -0.1) is 0 Å². The number of rotatable bonds is 5. The van der Waals surface area contributed by atoms with Crippen LogP contribution in [0.4, 0.5) is 0 Å². The van der Waals surface area contributed by atoms with Crippen LogP contribution in [0.25, 0.3) is 0 Å². The zero-order chi connectivity index (χ0) is 15.8. The average molecular weight is 313 g/mol. The first-order valence-corrected chi connectivity index (χ1v) is 8.09. The van der Waals surface area contributed by atoms with Crippen molar-refractivity contribution >= 4 is 16.0 Å². The quantitative estimate of drug-likeness (QED) is 0.887. The first kappa shape index (κ1) is 15.8. The van der Waals surface area contributed by atoms with E-state index in [-0.39, 0.29) is 23.9 Å². The topological polar surface area (TPSA) is 83.9 Å². The van der Waals surface area contributed by atoms with Gasteiger partial charge in [0.1, 0.15) is 10.6 Å². The minimum Gasteiger partial charge on any atom is -0.495 e. The number of methoxy groups -OCH3 is 1. The van der Waals surface area contributed by atoms with Gasteiger partial charge in [0.25, 0.3) is 0 Å². The van der Waals surface area contributed by atoms with E-state index in [0.29, 0.717) is 5.75 Å². The molecule has 1 heterocycles. The Labute approximate surface area is 124 Å². The molecule has 0 saturated carbocycles. The number of hydrogen-bond donors (Lipinski definition) is 1. The summed E-state index contributed by atoms with van der Waals surface area (Å²) in [5.74, 6) is -1.29. The molecule has 1 unspecified atom stereocenters. The molecule has 0 amide bonds. The lowest BCUT2D eigenvalue weighted by atomic mass is 9.89. The molecular formula is C14H19NO5S. The number of benzene rings is 1. The molecule has 0 radical (unpaired) electrons. The molecule has 1 aromatic rings. The number of sulfonamides is 1. The molecule has 1 aliphatic heterocycles. The summed E-state index contributed by atoms with van der Waals surface area (Å²) < 4.78 is 31.6. The lowest BCUT2D eigenvalue weighted by Crippen LogP contribution is -2.53. The van der Waals surface area contributed by atoms with E-state index in [9.17, 15) is 13.2 Å². The Bertz CT molecular complexity index is 649. The number of nitrogens with zero attached hydrogens (tertiary/aromatic N) is 1. The van der Waals surface area contributed by atoms with Crippen LogP contribution in [0.3, 0.4) is 0 Å². The maximum Gasteiger partial charge on any atom is 0.306 e. The van der Waals surface area contributed by atoms with Crippen molar-refractivity contribution in [3.05, 3.63) is 23.8 Å². The lowest BCUT2D eigenvalue weighted by Gasteiger charge is -2.40. The van der Waals surface area contributed by atoms with Gasteiger partial charge in [-0.2, -0.15) is 4.31 Å². The van der Waals surface area contributed by atoms with E-state index >= 15 is 0 Å². The smallest absolute Gasteiger partial charge is 0.306 e. The van der Waals surface area contributed by atoms with Crippen LogP contribution in [-0.2, 0) is 14.8 Å². The summed E-state index contributed by atoms with van der Waals surface area (Å²) in [5.41, 5.74) is 0.824. The molecule has 1 saturated heterocycles. The van der Waals surface area contributed by atoms with Crippen molar-refractivity contribution in [2.45, 2.75) is 18.7 Å². The summed E-state index contributed by atoms with van der Waals surface area (Å²) in [4.78, 5) is 11.0. The number of carboxylic acids is 1. The standard InChI is InChI=1S/C14H19NO5S/c1-9-4-5-12(20-3)13(6-9)21(18,19)15-7-11(8-15)10(2)14(16)17/h4-6,10-11H,7-8H2,1-3H3,(H,16,17). The fourth-order valence-electron chi connectivity index (χ4n) is 2.31. The Balaban J connectivity index is 2.22. The van der Waals surface area contributed by atoms with Crippen LogP contribution < -0.4 is 4.74 Å². The molecule has 7 heteroatoms. The van der Waals surface area contributed by atoms with Crippen LogP contribution in [0.15, 0.2) is 23.1 Å². The van der Waals surface area contributed by atoms with Gasteiger partial charge >= 0.3 is 5.97 Å². The van der Waals surface area contributed by atoms with Crippen molar-refractivity contribution in [3.63, 3.8) is 0 Å². The minimum atomic E-state index is -3.64. The predicted molar refractivity (Wildman–Crippen MR) is 76.8 cm³/mol. The maximum absolute atomic E-state index is 12.6. The van der Waals surface area contributed by atoms with Crippen molar-refractivity contribution in [1.82, 2.24) is 4.31 Å². The second-order valence-corrected chi connectivity index (χ2v) is 7.27. The van der Waals surface area contributed by atoms with Crippen molar-refractivity contribution in [2.75, 3.05) is 20.2 Å². The Morgan fingerprint density at radius 2 is 2.05 bits per heavy atom. The van der Waals surface area contributed by atoms with E-state index in [0.717, 1.165) is 5.56 Å². The van der Waals surface area contributed by atoms with Gasteiger partial charge in [0, 0.05) is 13.1 Å². The maximum atomic E-state index is 12.6. The summed E-state index contributed by atoms with van der Waals surface area (Å²) in [6.07, 6.45) is 0. The highest BCUT2D eigenvalue weighted by Crippen LogP contribution is 2.34. The van der Waals surface area contributed by atoms with Crippen molar-refractivity contribution in [3.8, 4) is 5.75 Å². The van der Waals surface area contributed by atoms with E-state index in [1.807, 2.05) is 6.92 Å². The molecule has 1 fully saturated rings. The van der Waals surface area contributed by atoms with Gasteiger partial charge in [-0.3, -0.25) is 4.79 Å². The van der Waals surface area contributed by atoms with Gasteiger partial charge in [-0.25, -0.2) is 8.42 Å². The highest BCUT2D eigenvalue weighted by atomic mass is 32.2. The second kappa shape index (κ2) is 5.65. The molecule has 0 spiro atoms. The van der Waals surface area contributed by atoms with Crippen LogP contribution >= 0.6 is 0 Å². The highest BCUT2D eigenvalue weighted by Gasteiger charge is 2.42. The molecule has 1 aromatic carbocycles. The summed E-state index contributed by atoms with van der Waals surface area (Å²) in [6.45, 7) is 3.87. The Morgan fingerprint density at radius 1 is 1.43 bits per heavy atom. The fourth-order valence-corrected chi connectivity index (χ4v) is 4.10. The van der Waals surface area contributed by atoms with Crippen molar-refractivity contribution < 1.29 is 23.1 Å². The number of aliphatic carboxylic acids is 1. The molecule has 1 N–H and O–H groups in total. The average Bonchev–Trinajstić information content (AvgIpc) is 2.36. The molecule has 1 atom stereocenters. The van der Waals surface area contributed by atoms with Gasteiger partial charge in [-0.05, 0) is 30.5 Å². The summed E-state index contributed by atoms with van der Waals surface area (Å²) >= 11 is 0. The normalized spacial score (nSPS) is 18.0. The SMILES string of the molecule is COc1ccc(C)cc1S(=O)(=O)N1CC(C(C)C(=O)O)C1. The van der Waals surface area contributed by atoms with Crippen LogP contribution in [0.2, 0.25) is 0 Å². The Hall–Kier alpha value is -1.60. The Morgan fingerprint density at radius 3 is 2.57 bits per heavy atom. The predicted octanol–water partition coefficient (Wildman–Crippen LogP) is 1.34. The van der Waals surface area contributed by atoms with Gasteiger partial charge in [0.05, 0.1) is 13.0 Å². The number of ether oxygens (including phenoxy) is 1. The van der Waals surface area contributed by atoms with Crippen LogP contribution in [0.1, 0.15) is 12.5 Å². The lowest BCUT2D eigenvalue weighted by molar-refractivity contribution is -0.144. The third kappa shape index (κ3) is 2.89. The first-order valence-electron chi connectivity index (χ1n) is 6.65. The zero-order valence-electron chi connectivity index (χ0n) is 12.2. The summed E-state index contributed by atoms with van der Waals surface area (Å²) in [7, 11) is -2.22. The monoisotopic (exact) mass is 313 g/mol. The van der Waals surface area contributed by atoms with Crippen LogP contribution in [-0.4, -0.2) is 44.0 Å². The van der Waals surface area contributed by atoms with Crippen molar-refractivity contribution in [1.29, 1.82) is 0 Å². The first-order chi connectivity index (χ1) is 9.77. The zero-order valence-corrected chi connectivity index (χ0v) is 13.1. The highest BCUT2D eigenvalue weighted by molar-refractivity contribution is 7.89. The molecule has 0 aromatic heterocycles. The second-order valence-electron chi connectivity index (χ2n) is 5.36. The largest absolute Gasteiger partial charge is 0.495 e. The third-order valence-electron chi connectivity index (χ3n) is 3.91. The molecule has 6 nitrogen and oxygen atoms in total. The number of carboxylic acid groups (broad SMARTS) is 1. The minimum absolute atomic E-state index is 0.131. The van der Waals surface area contributed by atoms with E-state index in [2.05, 4.69) is 0 Å². The van der Waals surface area contributed by atoms with E-state index in [4.69, 9.17) is 9.84 Å². The number of hydrogen-bond acceptors (Lipinski definition) is 4. The molecule has 0 bridgehead atoms. The van der Waals surface area contributed by atoms with Crippen LogP contribution in [0.5, 0.6) is 5.75 Å². The van der Waals surface area contributed by atoms with Gasteiger partial charge in [0.2, 0.25) is 10.0 Å². The van der Waals surface area contributed by atoms with Gasteiger partial charge in [-0.1, -0.05) is 13.0 Å². The molecule has 0 aliphatic carbocycles.